The van der Waals surface area contributed by atoms with Gasteiger partial charge in [0.05, 0.1) is 24.9 Å². The zero-order valence-corrected chi connectivity index (χ0v) is 23.9. The molecule has 4 aromatic heterocycles. The molecule has 1 unspecified atom stereocenters. The highest BCUT2D eigenvalue weighted by molar-refractivity contribution is 8.07. The van der Waals surface area contributed by atoms with Crippen molar-refractivity contribution in [1.29, 1.82) is 0 Å². The number of ether oxygens (including phenoxy) is 2. The number of alkyl halides is 1. The topological polar surface area (TPSA) is 244 Å². The molecule has 2 aliphatic heterocycles. The summed E-state index contributed by atoms with van der Waals surface area (Å²) >= 11 is 5.13. The number of aliphatic hydroxyl groups is 2. The van der Waals surface area contributed by atoms with E-state index in [1.807, 2.05) is 0 Å². The van der Waals surface area contributed by atoms with E-state index in [4.69, 9.17) is 48.2 Å². The molecule has 0 aliphatic carbocycles. The van der Waals surface area contributed by atoms with Gasteiger partial charge in [-0.2, -0.15) is 4.98 Å². The molecule has 4 aromatic rings. The van der Waals surface area contributed by atoms with Crippen molar-refractivity contribution in [3.8, 4) is 12.3 Å². The van der Waals surface area contributed by atoms with Gasteiger partial charge < -0.3 is 45.1 Å². The van der Waals surface area contributed by atoms with Crippen LogP contribution in [0.4, 0.5) is 20.5 Å². The van der Waals surface area contributed by atoms with Gasteiger partial charge in [-0.25, -0.2) is 23.7 Å². The molecule has 0 radical (unpaired) electrons. The Bertz CT molecular complexity index is 1900. The number of halogens is 2. The van der Waals surface area contributed by atoms with E-state index >= 15 is 4.39 Å². The normalized spacial score (nSPS) is 30.2. The SMILES string of the molecule is C#C[C@]1(COP(O)(=S)O[C@@H]2[C@H](F)[C@@H](CO)O[C@H]2n2cnc3c(=O)[nH]c(N)nc32)O[C@@H](n2cc(F)c3c(N)ncnc32)C[C@@H]1O. The van der Waals surface area contributed by atoms with E-state index in [1.165, 1.54) is 4.57 Å². The molecule has 2 aliphatic rings. The van der Waals surface area contributed by atoms with Gasteiger partial charge in [-0.15, -0.1) is 6.42 Å². The second kappa shape index (κ2) is 11.1. The van der Waals surface area contributed by atoms with E-state index in [1.54, 1.807) is 0 Å². The second-order valence-corrected chi connectivity index (χ2v) is 12.8. The summed E-state index contributed by atoms with van der Waals surface area (Å²) in [6, 6.07) is 0. The summed E-state index contributed by atoms with van der Waals surface area (Å²) in [7, 11) is 0. The van der Waals surface area contributed by atoms with Crippen LogP contribution in [0.15, 0.2) is 23.6 Å². The van der Waals surface area contributed by atoms with Crippen LogP contribution in [0.3, 0.4) is 0 Å². The Morgan fingerprint density at radius 2 is 2.09 bits per heavy atom. The summed E-state index contributed by atoms with van der Waals surface area (Å²) in [5.74, 6) is 1.20. The van der Waals surface area contributed by atoms with Crippen LogP contribution in [0.1, 0.15) is 18.9 Å². The second-order valence-electron chi connectivity index (χ2n) is 9.98. The van der Waals surface area contributed by atoms with Gasteiger partial charge in [0.15, 0.2) is 40.6 Å². The van der Waals surface area contributed by atoms with E-state index in [0.717, 1.165) is 23.4 Å². The number of nitrogens with two attached hydrogens (primary N) is 2. The number of fused-ring (bicyclic) bond motifs is 2. The lowest BCUT2D eigenvalue weighted by atomic mass is 9.99. The smallest absolute Gasteiger partial charge is 0.325 e. The van der Waals surface area contributed by atoms with Gasteiger partial charge in [0.25, 0.3) is 5.56 Å². The molecule has 0 amide bonds. The number of nitrogens with zero attached hydrogens (tertiary/aromatic N) is 6. The van der Waals surface area contributed by atoms with Crippen molar-refractivity contribution in [2.75, 3.05) is 24.7 Å². The third-order valence-electron chi connectivity index (χ3n) is 7.32. The molecule has 44 heavy (non-hydrogen) atoms. The summed E-state index contributed by atoms with van der Waals surface area (Å²) in [6.07, 6.45) is -0.211. The molecule has 0 aromatic carbocycles. The van der Waals surface area contributed by atoms with Crippen LogP contribution >= 0.6 is 6.72 Å². The van der Waals surface area contributed by atoms with Gasteiger partial charge in [0.2, 0.25) is 5.95 Å². The van der Waals surface area contributed by atoms with Crippen LogP contribution in [0.25, 0.3) is 22.2 Å². The molecular weight excluding hydrogens is 631 g/mol. The first-order valence-electron chi connectivity index (χ1n) is 12.8. The fourth-order valence-corrected chi connectivity index (χ4v) is 6.57. The molecule has 8 N–H and O–H groups in total. The van der Waals surface area contributed by atoms with Gasteiger partial charge in [0.1, 0.15) is 36.7 Å². The number of hydrogen-bond acceptors (Lipinski definition) is 14. The average Bonchev–Trinajstić information content (AvgIpc) is 3.71. The van der Waals surface area contributed by atoms with Crippen LogP contribution in [-0.4, -0.2) is 92.5 Å². The van der Waals surface area contributed by atoms with Gasteiger partial charge >= 0.3 is 6.72 Å². The van der Waals surface area contributed by atoms with Crippen molar-refractivity contribution in [3.63, 3.8) is 0 Å². The van der Waals surface area contributed by atoms with Crippen molar-refractivity contribution in [1.82, 2.24) is 34.1 Å². The van der Waals surface area contributed by atoms with E-state index in [0.29, 0.717) is 0 Å². The number of nitrogens with one attached hydrogen (secondary N) is 1. The quantitative estimate of drug-likeness (QED) is 0.102. The summed E-state index contributed by atoms with van der Waals surface area (Å²) in [6.45, 7) is -5.91. The fourth-order valence-electron chi connectivity index (χ4n) is 5.17. The minimum Gasteiger partial charge on any atom is -0.394 e. The number of terminal acetylenes is 1. The maximum absolute atomic E-state index is 15.4. The number of imidazole rings is 1. The standard InChI is InChI=1S/C23H24F2N9O8PS/c1-2-23(11(36)3-12(41-23)33-4-9(24)13-17(26)28-7-29-18(13)33)6-39-43(38,44)42-16-14(25)10(5-35)40-21(16)34-8-30-15-19(34)31-22(27)32-20(15)37/h1,4,7-8,10-12,14,16,21,35-36H,3,5-6H2,(H,38,44)(H2,26,28,29)(H3,27,31,32,37)/t10-,11+,12-,14-,16-,21-,23-,43?/m1/s1. The molecule has 17 nitrogen and oxygen atoms in total. The average molecular weight is 656 g/mol. The Hall–Kier alpha value is -3.64. The Kier molecular flexibility index (Phi) is 7.64. The summed E-state index contributed by atoms with van der Waals surface area (Å²) in [5.41, 5.74) is 8.67. The van der Waals surface area contributed by atoms with Crippen LogP contribution in [-0.2, 0) is 30.3 Å². The number of nitrogen functional groups attached to an aromatic ring is 2. The largest absolute Gasteiger partial charge is 0.394 e. The van der Waals surface area contributed by atoms with Crippen molar-refractivity contribution in [3.05, 3.63) is 35.0 Å². The van der Waals surface area contributed by atoms with Gasteiger partial charge in [-0.05, 0) is 11.8 Å². The fraction of sp³-hybridized carbons (Fsp3) is 0.435. The Morgan fingerprint density at radius 3 is 2.82 bits per heavy atom. The zero-order valence-electron chi connectivity index (χ0n) is 22.2. The van der Waals surface area contributed by atoms with Gasteiger partial charge in [-0.3, -0.25) is 18.9 Å². The number of aliphatic hydroxyl groups excluding tert-OH is 2. The number of anilines is 2. The van der Waals surface area contributed by atoms with Crippen LogP contribution in [0, 0.1) is 18.2 Å². The number of rotatable bonds is 8. The highest BCUT2D eigenvalue weighted by Gasteiger charge is 2.52. The van der Waals surface area contributed by atoms with Crippen LogP contribution < -0.4 is 17.0 Å². The highest BCUT2D eigenvalue weighted by atomic mass is 32.5. The molecule has 2 saturated heterocycles. The summed E-state index contributed by atoms with van der Waals surface area (Å²) in [4.78, 5) is 41.2. The molecule has 6 heterocycles. The van der Waals surface area contributed by atoms with E-state index in [2.05, 4.69) is 30.8 Å². The van der Waals surface area contributed by atoms with Crippen molar-refractivity contribution >= 4 is 52.5 Å². The lowest BCUT2D eigenvalue weighted by Crippen LogP contribution is -2.42. The molecule has 0 saturated carbocycles. The molecule has 21 heteroatoms. The first kappa shape index (κ1) is 30.4. The number of hydrogen-bond donors (Lipinski definition) is 6. The Labute approximate surface area is 250 Å². The lowest BCUT2D eigenvalue weighted by Gasteiger charge is -2.30. The van der Waals surface area contributed by atoms with Crippen molar-refractivity contribution in [2.45, 2.75) is 49.0 Å². The lowest BCUT2D eigenvalue weighted by molar-refractivity contribution is -0.0890. The van der Waals surface area contributed by atoms with Gasteiger partial charge in [-0.1, -0.05) is 5.92 Å². The number of H-pyrrole nitrogens is 1. The molecule has 2 fully saturated rings. The van der Waals surface area contributed by atoms with Crippen LogP contribution in [0.5, 0.6) is 0 Å². The van der Waals surface area contributed by atoms with Crippen molar-refractivity contribution < 1.29 is 42.4 Å². The predicted molar refractivity (Wildman–Crippen MR) is 150 cm³/mol. The molecule has 234 valence electrons. The Balaban J connectivity index is 1.23. The zero-order chi connectivity index (χ0) is 31.6. The summed E-state index contributed by atoms with van der Waals surface area (Å²) < 4.78 is 54.9. The molecular formula is C23H24F2N9O8PS. The highest BCUT2D eigenvalue weighted by Crippen LogP contribution is 2.52. The molecule has 6 rings (SSSR count). The molecule has 8 atom stereocenters. The molecule has 0 bridgehead atoms. The number of aromatic nitrogens is 7. The monoisotopic (exact) mass is 655 g/mol. The maximum atomic E-state index is 15.4. The van der Waals surface area contributed by atoms with E-state index in [-0.39, 0.29) is 40.4 Å². The number of aromatic amines is 1. The van der Waals surface area contributed by atoms with Gasteiger partial charge in [0, 0.05) is 12.6 Å². The summed E-state index contributed by atoms with van der Waals surface area (Å²) in [5, 5.41) is 20.5. The molecule has 0 spiro atoms. The maximum Gasteiger partial charge on any atom is 0.325 e. The van der Waals surface area contributed by atoms with E-state index < -0.39 is 73.8 Å². The third-order valence-corrected chi connectivity index (χ3v) is 8.86. The van der Waals surface area contributed by atoms with Crippen molar-refractivity contribution in [2.24, 2.45) is 0 Å². The predicted octanol–water partition coefficient (Wildman–Crippen LogP) is -0.634. The van der Waals surface area contributed by atoms with E-state index in [9.17, 15) is 24.3 Å². The minimum atomic E-state index is -4.41. The first-order chi connectivity index (χ1) is 20.9. The third kappa shape index (κ3) is 5.01. The minimum absolute atomic E-state index is 0.0530. The Morgan fingerprint density at radius 1 is 1.32 bits per heavy atom. The first-order valence-corrected chi connectivity index (χ1v) is 15.4. The van der Waals surface area contributed by atoms with Crippen LogP contribution in [0.2, 0.25) is 0 Å².